The molecular weight excluding hydrogens is 696 g/mol. The second kappa shape index (κ2) is 14.8. The van der Waals surface area contributed by atoms with Gasteiger partial charge in [-0.05, 0) is 20.8 Å². The van der Waals surface area contributed by atoms with Crippen molar-refractivity contribution in [1.82, 2.24) is 29.5 Å². The molecule has 256 valence electrons. The van der Waals surface area contributed by atoms with E-state index in [1.807, 2.05) is 13.8 Å². The number of fused-ring (bicyclic) bond motifs is 1. The number of aromatic nitrogens is 6. The first-order valence-electron chi connectivity index (χ1n) is 14.2. The first kappa shape index (κ1) is 35.5. The smallest absolute Gasteiger partial charge is 0.386 e. The molecule has 2 aliphatic rings. The van der Waals surface area contributed by atoms with Crippen LogP contribution in [0.3, 0.4) is 0 Å². The van der Waals surface area contributed by atoms with Gasteiger partial charge in [0, 0.05) is 34.1 Å². The van der Waals surface area contributed by atoms with E-state index in [0.29, 0.717) is 11.4 Å². The Morgan fingerprint density at radius 1 is 1.23 bits per heavy atom. The molecule has 8 atom stereocenters. The minimum atomic E-state index is -4.04. The molecule has 5 rings (SSSR count). The van der Waals surface area contributed by atoms with Gasteiger partial charge in [-0.25, -0.2) is 24.3 Å². The highest BCUT2D eigenvalue weighted by Gasteiger charge is 2.45. The van der Waals surface area contributed by atoms with Crippen LogP contribution in [-0.2, 0) is 32.3 Å². The van der Waals surface area contributed by atoms with E-state index in [1.54, 1.807) is 18.0 Å². The summed E-state index contributed by atoms with van der Waals surface area (Å²) in [5.41, 5.74) is 13.0. The molecule has 47 heavy (non-hydrogen) atoms. The Hall–Kier alpha value is -2.80. The van der Waals surface area contributed by atoms with Gasteiger partial charge in [-0.2, -0.15) is 4.98 Å². The van der Waals surface area contributed by atoms with Gasteiger partial charge < -0.3 is 35.1 Å². The van der Waals surface area contributed by atoms with Crippen LogP contribution in [-0.4, -0.2) is 78.6 Å². The number of hydrogen-bond donors (Lipinski definition) is 5. The molecule has 2 aliphatic heterocycles. The molecule has 0 radical (unpaired) electrons. The molecule has 0 saturated carbocycles. The molecule has 2 unspecified atom stereocenters. The average molecular weight is 732 g/mol. The zero-order chi connectivity index (χ0) is 34.0. The topological polar surface area (TPSA) is 234 Å². The van der Waals surface area contributed by atoms with Gasteiger partial charge >= 0.3 is 12.1 Å². The van der Waals surface area contributed by atoms with E-state index < -0.39 is 54.5 Å². The number of allylic oxidation sites excluding steroid dienone is 1. The van der Waals surface area contributed by atoms with Crippen molar-refractivity contribution in [2.75, 3.05) is 29.6 Å². The summed E-state index contributed by atoms with van der Waals surface area (Å²) in [6.45, 7) is 1.30. The molecule has 2 fully saturated rings. The SMILES string of the molecule is CC(C)=CN(c1ncnc(N)c1C)[C@@H]1O[C@H](CO[P@@](=O)(S)O[C@H]2C[C@H](n3cnc4c(=O)[nH]c(N)nc43)OC2COP)C[C@H]1OC(=O)S. The molecule has 2 saturated heterocycles. The van der Waals surface area contributed by atoms with Crippen LogP contribution in [0.15, 0.2) is 29.2 Å². The van der Waals surface area contributed by atoms with Gasteiger partial charge in [-0.1, -0.05) is 30.5 Å². The highest BCUT2D eigenvalue weighted by Crippen LogP contribution is 2.56. The lowest BCUT2D eigenvalue weighted by Gasteiger charge is -2.31. The number of carbonyl (C=O) groups is 1. The summed E-state index contributed by atoms with van der Waals surface area (Å²) in [6.07, 6.45) is 0.208. The Balaban J connectivity index is 1.29. The lowest BCUT2D eigenvalue weighted by Crippen LogP contribution is -2.41. The van der Waals surface area contributed by atoms with Crippen LogP contribution in [0.2, 0.25) is 0 Å². The zero-order valence-electron chi connectivity index (χ0n) is 25.5. The van der Waals surface area contributed by atoms with Crippen LogP contribution < -0.4 is 21.9 Å². The number of thiol groups is 2. The van der Waals surface area contributed by atoms with Crippen LogP contribution in [0.1, 0.15) is 38.5 Å². The second-order valence-corrected chi connectivity index (χ2v) is 14.6. The van der Waals surface area contributed by atoms with E-state index >= 15 is 0 Å². The van der Waals surface area contributed by atoms with E-state index in [0.717, 1.165) is 5.57 Å². The molecule has 0 bridgehead atoms. The number of aromatic amines is 1. The first-order chi connectivity index (χ1) is 22.3. The van der Waals surface area contributed by atoms with Gasteiger partial charge in [0.1, 0.15) is 36.4 Å². The quantitative estimate of drug-likeness (QED) is 0.102. The number of nitrogens with zero attached hydrogens (tertiary/aromatic N) is 6. The van der Waals surface area contributed by atoms with Crippen molar-refractivity contribution >= 4 is 75.2 Å². The minimum Gasteiger partial charge on any atom is -0.450 e. The van der Waals surface area contributed by atoms with Gasteiger partial charge in [-0.3, -0.25) is 23.4 Å². The number of anilines is 3. The van der Waals surface area contributed by atoms with Crippen molar-refractivity contribution in [1.29, 1.82) is 0 Å². The Labute approximate surface area is 281 Å². The maximum Gasteiger partial charge on any atom is 0.386 e. The number of carbonyl (C=O) groups excluding carboxylic acids is 1. The van der Waals surface area contributed by atoms with E-state index in [1.165, 1.54) is 17.2 Å². The summed E-state index contributed by atoms with van der Waals surface area (Å²) in [5, 5.41) is -0.809. The minimum absolute atomic E-state index is 0.0553. The number of nitrogens with two attached hydrogens (primary N) is 2. The van der Waals surface area contributed by atoms with Crippen LogP contribution in [0.4, 0.5) is 22.4 Å². The van der Waals surface area contributed by atoms with Crippen molar-refractivity contribution < 1.29 is 37.1 Å². The van der Waals surface area contributed by atoms with Crippen LogP contribution in [0.25, 0.3) is 11.2 Å². The Bertz CT molecular complexity index is 1760. The van der Waals surface area contributed by atoms with Gasteiger partial charge in [0.2, 0.25) is 5.95 Å². The van der Waals surface area contributed by atoms with E-state index in [9.17, 15) is 14.2 Å². The summed E-state index contributed by atoms with van der Waals surface area (Å²) in [7, 11) is 2.12. The lowest BCUT2D eigenvalue weighted by atomic mass is 10.1. The van der Waals surface area contributed by atoms with Gasteiger partial charge in [0.15, 0.2) is 23.5 Å². The van der Waals surface area contributed by atoms with Crippen LogP contribution in [0.5, 0.6) is 0 Å². The number of nitrogen functional groups attached to an aromatic ring is 2. The van der Waals surface area contributed by atoms with Crippen LogP contribution in [0, 0.1) is 6.92 Å². The third-order valence-corrected chi connectivity index (χ3v) is 9.24. The number of hydrogen-bond acceptors (Lipinski definition) is 16. The highest BCUT2D eigenvalue weighted by molar-refractivity contribution is 8.44. The van der Waals surface area contributed by atoms with Crippen molar-refractivity contribution in [3.8, 4) is 0 Å². The molecule has 0 aliphatic carbocycles. The molecule has 3 aromatic rings. The Morgan fingerprint density at radius 2 is 2.00 bits per heavy atom. The summed E-state index contributed by atoms with van der Waals surface area (Å²) >= 11 is 8.01. The third-order valence-electron chi connectivity index (χ3n) is 7.30. The van der Waals surface area contributed by atoms with E-state index in [2.05, 4.69) is 59.3 Å². The molecular formula is C25H35N9O9P2S2. The van der Waals surface area contributed by atoms with Crippen molar-refractivity contribution in [2.45, 2.75) is 70.5 Å². The van der Waals surface area contributed by atoms with Crippen molar-refractivity contribution in [3.63, 3.8) is 0 Å². The maximum absolute atomic E-state index is 13.5. The Kier molecular flexibility index (Phi) is 11.1. The Morgan fingerprint density at radius 3 is 2.70 bits per heavy atom. The molecule has 22 heteroatoms. The fourth-order valence-corrected chi connectivity index (χ4v) is 7.18. The molecule has 0 spiro atoms. The van der Waals surface area contributed by atoms with Gasteiger partial charge in [0.25, 0.3) is 5.56 Å². The fraction of sp³-hybridized carbons (Fsp3) is 0.520. The zero-order valence-corrected chi connectivity index (χ0v) is 29.3. The number of ether oxygens (including phenoxy) is 3. The second-order valence-electron chi connectivity index (χ2n) is 11.0. The number of imidazole rings is 1. The lowest BCUT2D eigenvalue weighted by molar-refractivity contribution is -0.0343. The summed E-state index contributed by atoms with van der Waals surface area (Å²) < 4.78 is 49.6. The standard InChI is InChI=1S/C25H35N9O9P2S2/c1-11(2)6-33(20-12(3)19(26)28-9-29-20)23-15(42-25(36)46)4-13(40-23)7-39-45(37,47)43-14-5-17(41-16(14)8-38-44)34-10-30-18-21(34)31-24(27)32-22(18)35/h6,9-10,13-17,23H,4-5,7-8,44H2,1-3H3,(H,36,46)(H,37,47)(H2,26,28,29)(H3,27,31,32,35)/t13-,14-,15+,16?,17+,23+,45+/m0/s1. The summed E-state index contributed by atoms with van der Waals surface area (Å²) in [5.74, 6) is 0.630. The predicted molar refractivity (Wildman–Crippen MR) is 180 cm³/mol. The molecule has 3 aromatic heterocycles. The normalized spacial score (nSPS) is 25.5. The summed E-state index contributed by atoms with van der Waals surface area (Å²) in [6, 6.07) is 0. The molecule has 18 nitrogen and oxygen atoms in total. The van der Waals surface area contributed by atoms with Crippen LogP contribution >= 0.6 is 41.1 Å². The van der Waals surface area contributed by atoms with E-state index in [4.69, 9.17) is 39.2 Å². The molecule has 5 N–H and O–H groups in total. The number of H-pyrrole nitrogens is 1. The first-order valence-corrected chi connectivity index (χ1v) is 17.8. The maximum atomic E-state index is 13.5. The largest absolute Gasteiger partial charge is 0.450 e. The van der Waals surface area contributed by atoms with Gasteiger partial charge in [-0.15, -0.1) is 0 Å². The average Bonchev–Trinajstić information content (AvgIpc) is 3.69. The molecule has 0 amide bonds. The number of nitrogens with one attached hydrogen (secondary N) is 1. The monoisotopic (exact) mass is 731 g/mol. The third kappa shape index (κ3) is 8.26. The van der Waals surface area contributed by atoms with E-state index in [-0.39, 0.29) is 49.0 Å². The fourth-order valence-electron chi connectivity index (χ4n) is 5.31. The highest BCUT2D eigenvalue weighted by atomic mass is 32.7. The molecule has 5 heterocycles. The predicted octanol–water partition coefficient (Wildman–Crippen LogP) is 2.90. The van der Waals surface area contributed by atoms with Crippen molar-refractivity contribution in [3.05, 3.63) is 40.3 Å². The molecule has 0 aromatic carbocycles. The number of rotatable bonds is 12. The van der Waals surface area contributed by atoms with Gasteiger partial charge in [0.05, 0.1) is 25.6 Å². The van der Waals surface area contributed by atoms with Crippen molar-refractivity contribution in [2.24, 2.45) is 0 Å². The summed E-state index contributed by atoms with van der Waals surface area (Å²) in [4.78, 5) is 44.9.